The van der Waals surface area contributed by atoms with Gasteiger partial charge in [-0.3, -0.25) is 0 Å². The van der Waals surface area contributed by atoms with Crippen LogP contribution in [0.15, 0.2) is 519 Å². The lowest BCUT2D eigenvalue weighted by molar-refractivity contribution is 0.627. The van der Waals surface area contributed by atoms with E-state index in [4.69, 9.17) is 15.0 Å². The van der Waals surface area contributed by atoms with Gasteiger partial charge in [0, 0.05) is 75.0 Å². The lowest BCUT2D eigenvalue weighted by atomic mass is 9.89. The summed E-state index contributed by atoms with van der Waals surface area (Å²) < 4.78 is 42.3. The first-order chi connectivity index (χ1) is 70.1. The molecule has 0 aliphatic heterocycles. The molecule has 0 unspecified atom stereocenters. The summed E-state index contributed by atoms with van der Waals surface area (Å²) in [4.78, 5) is 18.4. The van der Waals surface area contributed by atoms with Crippen molar-refractivity contribution in [3.63, 3.8) is 0 Å². The minimum absolute atomic E-state index is 0. The van der Waals surface area contributed by atoms with E-state index in [0.717, 1.165) is 132 Å². The van der Waals surface area contributed by atoms with Crippen molar-refractivity contribution in [2.45, 2.75) is 9.79 Å². The Morgan fingerprint density at radius 2 is 0.377 bits per heavy atom. The van der Waals surface area contributed by atoms with Crippen LogP contribution in [0.1, 0.15) is 0 Å². The zero-order valence-electron chi connectivity index (χ0n) is 78.8. The second kappa shape index (κ2) is 41.1. The van der Waals surface area contributed by atoms with Crippen LogP contribution >= 0.6 is 27.6 Å². The van der Waals surface area contributed by atoms with E-state index < -0.39 is 15.8 Å². The predicted molar refractivity (Wildman–Crippen MR) is 615 cm³/mol. The van der Waals surface area contributed by atoms with Crippen molar-refractivity contribution in [2.24, 2.45) is 0 Å². The van der Waals surface area contributed by atoms with E-state index in [1.165, 1.54) is 153 Å². The van der Waals surface area contributed by atoms with Crippen molar-refractivity contribution in [3.8, 4) is 67.2 Å². The van der Waals surface area contributed by atoms with Crippen LogP contribution in [0.3, 0.4) is 0 Å². The molecule has 0 fully saturated rings. The number of rotatable bonds is 14. The summed E-state index contributed by atoms with van der Waals surface area (Å²) in [6.07, 6.45) is 0. The molecule has 3 heterocycles. The average molecular weight is 1950 g/mol. The van der Waals surface area contributed by atoms with Crippen LogP contribution in [-0.4, -0.2) is 36.9 Å². The summed E-state index contributed by atoms with van der Waals surface area (Å²) in [6, 6.07) is 177. The third-order valence-electron chi connectivity index (χ3n) is 27.5. The van der Waals surface area contributed by atoms with Crippen molar-refractivity contribution in [3.05, 3.63) is 527 Å². The smallest absolute Gasteiger partial charge is 0.123 e. The molecule has 27 rings (SSSR count). The highest BCUT2D eigenvalue weighted by atomic mass is 32.2. The minimum atomic E-state index is -0.683. The van der Waals surface area contributed by atoms with Crippen LogP contribution in [0.2, 0.25) is 0 Å². The van der Waals surface area contributed by atoms with Crippen molar-refractivity contribution >= 4 is 200 Å². The molecule has 146 heavy (non-hydrogen) atoms. The minimum Gasteiger partial charge on any atom is -0.412 e. The van der Waals surface area contributed by atoms with Gasteiger partial charge < -0.3 is 21.9 Å². The van der Waals surface area contributed by atoms with Gasteiger partial charge in [0.15, 0.2) is 0 Å². The highest BCUT2D eigenvalue weighted by Gasteiger charge is 2.26. The number of hydrogen-bond acceptors (Lipinski definition) is 4. The molecule has 0 atom stereocenters. The van der Waals surface area contributed by atoms with Gasteiger partial charge in [-0.15, -0.1) is 0 Å². The van der Waals surface area contributed by atoms with Gasteiger partial charge in [-0.1, -0.05) is 394 Å². The molecule has 24 aromatic carbocycles. The summed E-state index contributed by atoms with van der Waals surface area (Å²) in [5, 5.41) is 34.8. The maximum Gasteiger partial charge on any atom is 0.123 e. The molecule has 7 nitrogen and oxygen atoms in total. The molecule has 3 aromatic heterocycles. The van der Waals surface area contributed by atoms with E-state index in [1.807, 2.05) is 42.5 Å². The monoisotopic (exact) mass is 1950 g/mol. The zero-order chi connectivity index (χ0) is 94.7. The predicted octanol–water partition coefficient (Wildman–Crippen LogP) is 31.0. The first kappa shape index (κ1) is 95.2. The standard InChI is InChI=1S/C49H31FNP.C45H29FNP.C39H24FNS.4H2O/c50-37-25-21-32(22-26-37)49-48-44-18-10-8-16-42(44)41-15-7-9-17-43(41)47(48)45-28-24-36(31-46(45)51-49)33-19-20-35-30-40(27-23-34(35)29-33)52(38-11-3-1-4-12-38)39-13-5-2-6-14-39;46-33-24-19-31(20-25-33)45-44-40-18-10-8-16-38(40)37-15-7-9-17-39(37)43(44)41-28-23-32(29-42(41)47-45)30-21-26-36(27-22-30)48(34-11-3-1-4-12-34)35-13-5-2-6-14-35;40-28-19-14-26(15-20-28)39-38-34-13-7-5-11-32(34)31-10-4-6-12-33(31)37(38)35-23-18-27(24-36(35)41-39)25-16-21-30(22-17-25)42-29-8-2-1-3-9-29;;;;/h1-31H;1-29H;1-24H;4*1H2. The third kappa shape index (κ3) is 17.8. The van der Waals surface area contributed by atoms with E-state index in [-0.39, 0.29) is 39.4 Å². The number of halogens is 3. The molecule has 8 N–H and O–H groups in total. The molecule has 0 saturated heterocycles. The molecule has 0 amide bonds. The van der Waals surface area contributed by atoms with Crippen molar-refractivity contribution in [1.29, 1.82) is 0 Å². The lowest BCUT2D eigenvalue weighted by Crippen LogP contribution is -2.20. The molecule has 0 spiro atoms. The Labute approximate surface area is 847 Å². The highest BCUT2D eigenvalue weighted by Crippen LogP contribution is 2.50. The van der Waals surface area contributed by atoms with Crippen LogP contribution in [-0.2, 0) is 0 Å². The van der Waals surface area contributed by atoms with Gasteiger partial charge >= 0.3 is 0 Å². The Kier molecular flexibility index (Phi) is 26.8. The summed E-state index contributed by atoms with van der Waals surface area (Å²) >= 11 is 1.76. The topological polar surface area (TPSA) is 165 Å². The van der Waals surface area contributed by atoms with E-state index in [0.29, 0.717) is 0 Å². The SMILES string of the molecule is Fc1ccc(-c2nc3cc(-c4ccc(P(c5ccccc5)c5ccccc5)cc4)ccc3c3c4ccccc4c4ccccc4c23)cc1.Fc1ccc(-c2nc3cc(-c4ccc(Sc5ccccc5)cc4)ccc3c3c4ccccc4c4ccccc4c23)cc1.Fc1ccc(-c2nc3cc(-c4ccc5cc(P(c6ccccc6)c6ccccc6)ccc5c4)ccc3c3c4ccccc4c4ccccc4c23)cc1.O.O.O.O. The molecule has 0 aliphatic rings. The van der Waals surface area contributed by atoms with Crippen LogP contribution < -0.4 is 31.8 Å². The van der Waals surface area contributed by atoms with Crippen LogP contribution in [0.5, 0.6) is 0 Å². The van der Waals surface area contributed by atoms with Gasteiger partial charge in [0.1, 0.15) is 17.5 Å². The summed E-state index contributed by atoms with van der Waals surface area (Å²) in [6.45, 7) is 0. The fourth-order valence-corrected chi connectivity index (χ4v) is 26.4. The van der Waals surface area contributed by atoms with Gasteiger partial charge in [-0.2, -0.15) is 0 Å². The average Bonchev–Trinajstić information content (AvgIpc) is 0.721. The maximum atomic E-state index is 14.2. The van der Waals surface area contributed by atoms with Crippen molar-refractivity contribution < 1.29 is 35.1 Å². The van der Waals surface area contributed by atoms with Crippen molar-refractivity contribution in [2.75, 3.05) is 0 Å². The van der Waals surface area contributed by atoms with E-state index in [9.17, 15) is 13.2 Å². The number of pyridine rings is 3. The third-order valence-corrected chi connectivity index (χ3v) is 33.3. The molecule has 0 bridgehead atoms. The molecule has 0 aliphatic carbocycles. The number of fused-ring (bicyclic) bond motifs is 25. The van der Waals surface area contributed by atoms with Crippen molar-refractivity contribution in [1.82, 2.24) is 15.0 Å². The molecular weight excluding hydrogens is 1850 g/mol. The van der Waals surface area contributed by atoms with E-state index in [1.54, 1.807) is 11.8 Å². The van der Waals surface area contributed by atoms with Gasteiger partial charge in [-0.05, 0) is 284 Å². The first-order valence-electron chi connectivity index (χ1n) is 47.7. The Morgan fingerprint density at radius 3 is 0.705 bits per heavy atom. The number of aromatic nitrogens is 3. The molecule has 0 saturated carbocycles. The fraction of sp³-hybridized carbons (Fsp3) is 0. The second-order valence-corrected chi connectivity index (χ2v) is 41.5. The Hall–Kier alpha value is -17.1. The fourth-order valence-electron chi connectivity index (χ4n) is 20.9. The van der Waals surface area contributed by atoms with Gasteiger partial charge in [0.05, 0.1) is 33.6 Å². The molecule has 700 valence electrons. The highest BCUT2D eigenvalue weighted by molar-refractivity contribution is 7.99. The zero-order valence-corrected chi connectivity index (χ0v) is 81.4. The molecule has 27 aromatic rings. The Bertz CT molecular complexity index is 9520. The van der Waals surface area contributed by atoms with Gasteiger partial charge in [0.25, 0.3) is 0 Å². The Balaban J connectivity index is 0.000000128. The Morgan fingerprint density at radius 1 is 0.158 bits per heavy atom. The molecule has 0 radical (unpaired) electrons. The second-order valence-electron chi connectivity index (χ2n) is 35.9. The number of nitrogens with zero attached hydrogens (tertiary/aromatic N) is 3. The van der Waals surface area contributed by atoms with Gasteiger partial charge in [-0.25, -0.2) is 28.1 Å². The number of benzene rings is 24. The number of hydrogen-bond donors (Lipinski definition) is 0. The van der Waals surface area contributed by atoms with Crippen LogP contribution in [0.4, 0.5) is 13.2 Å². The van der Waals surface area contributed by atoms with Gasteiger partial charge in [0.2, 0.25) is 0 Å². The summed E-state index contributed by atoms with van der Waals surface area (Å²) in [7, 11) is -1.36. The van der Waals surface area contributed by atoms with E-state index >= 15 is 0 Å². The quantitative estimate of drug-likeness (QED) is 0.0782. The van der Waals surface area contributed by atoms with E-state index in [2.05, 4.69) is 431 Å². The lowest BCUT2D eigenvalue weighted by Gasteiger charge is -2.20. The first-order valence-corrected chi connectivity index (χ1v) is 51.2. The van der Waals surface area contributed by atoms with Crippen LogP contribution in [0, 0.1) is 17.5 Å². The summed E-state index contributed by atoms with van der Waals surface area (Å²) in [5.74, 6) is -0.769. The normalized spacial score (nSPS) is 11.3. The summed E-state index contributed by atoms with van der Waals surface area (Å²) in [5.41, 5.74) is 14.8. The molecule has 13 heteroatoms. The maximum absolute atomic E-state index is 14.2. The van der Waals surface area contributed by atoms with Crippen LogP contribution in [0.25, 0.3) is 208 Å². The molecular formula is C133H92F3N3O4P2S. The largest absolute Gasteiger partial charge is 0.412 e.